The van der Waals surface area contributed by atoms with Crippen LogP contribution >= 0.6 is 24.0 Å². The van der Waals surface area contributed by atoms with Gasteiger partial charge in [0, 0.05) is 6.07 Å². The lowest BCUT2D eigenvalue weighted by Gasteiger charge is -1.92. The molecule has 0 aliphatic rings. The molecule has 0 amide bonds. The number of nitriles is 1. The Morgan fingerprint density at radius 2 is 2.36 bits per heavy atom. The Bertz CT molecular complexity index is 606. The molecule has 2 aromatic heterocycles. The van der Waals surface area contributed by atoms with E-state index in [9.17, 15) is 9.90 Å². The highest BCUT2D eigenvalue weighted by Crippen LogP contribution is 2.35. The summed E-state index contributed by atoms with van der Waals surface area (Å²) >= 11 is 5.24. The van der Waals surface area contributed by atoms with Crippen LogP contribution in [0.1, 0.15) is 5.56 Å². The van der Waals surface area contributed by atoms with Crippen molar-refractivity contribution in [3.63, 3.8) is 0 Å². The van der Waals surface area contributed by atoms with E-state index in [2.05, 4.69) is 17.6 Å². The number of pyridine rings is 1. The van der Waals surface area contributed by atoms with Crippen LogP contribution in [0.25, 0.3) is 10.2 Å². The van der Waals surface area contributed by atoms with E-state index >= 15 is 0 Å². The van der Waals surface area contributed by atoms with Crippen molar-refractivity contribution in [2.24, 2.45) is 0 Å². The summed E-state index contributed by atoms with van der Waals surface area (Å²) in [5, 5.41) is 18.2. The smallest absolute Gasteiger partial charge is 0.252 e. The van der Waals surface area contributed by atoms with Gasteiger partial charge in [-0.2, -0.15) is 5.26 Å². The Balaban J connectivity index is 3.04. The van der Waals surface area contributed by atoms with E-state index < -0.39 is 5.56 Å². The maximum atomic E-state index is 11.0. The first kappa shape index (κ1) is 9.12. The van der Waals surface area contributed by atoms with E-state index in [1.54, 1.807) is 0 Å². The van der Waals surface area contributed by atoms with Crippen LogP contribution < -0.4 is 5.56 Å². The van der Waals surface area contributed by atoms with Gasteiger partial charge in [-0.25, -0.2) is 0 Å². The van der Waals surface area contributed by atoms with Crippen molar-refractivity contribution in [2.45, 2.75) is 4.21 Å². The van der Waals surface area contributed by atoms with E-state index in [1.165, 1.54) is 0 Å². The third-order valence-electron chi connectivity index (χ3n) is 1.75. The number of aromatic nitrogens is 1. The molecule has 6 heteroatoms. The van der Waals surface area contributed by atoms with E-state index in [0.29, 0.717) is 20.0 Å². The molecule has 0 saturated heterocycles. The van der Waals surface area contributed by atoms with Crippen molar-refractivity contribution in [2.75, 3.05) is 0 Å². The summed E-state index contributed by atoms with van der Waals surface area (Å²) in [6.07, 6.45) is 0. The number of hydrogen-bond acceptors (Lipinski definition) is 5. The summed E-state index contributed by atoms with van der Waals surface area (Å²) in [6.45, 7) is 0. The Labute approximate surface area is 87.8 Å². The van der Waals surface area contributed by atoms with Gasteiger partial charge >= 0.3 is 0 Å². The molecular weight excluding hydrogens is 220 g/mol. The molecule has 0 spiro atoms. The Hall–Kier alpha value is -1.45. The van der Waals surface area contributed by atoms with Gasteiger partial charge in [-0.05, 0) is 0 Å². The SMILES string of the molecule is N#Cc1c(S)sc2c(O)cc(=O)[nH]c12. The standard InChI is InChI=1S/C8H4N2O2S2/c9-2-3-6-7(14-8(3)13)4(11)1-5(12)10-6/h1,13H,(H2,10,11,12). The third kappa shape index (κ3) is 1.18. The van der Waals surface area contributed by atoms with E-state index in [4.69, 9.17) is 5.26 Å². The Morgan fingerprint density at radius 3 is 3.00 bits per heavy atom. The first-order valence-electron chi connectivity index (χ1n) is 3.61. The van der Waals surface area contributed by atoms with Crippen LogP contribution in [0.2, 0.25) is 0 Å². The number of nitrogens with one attached hydrogen (secondary N) is 1. The topological polar surface area (TPSA) is 76.9 Å². The number of nitrogens with zero attached hydrogens (tertiary/aromatic N) is 1. The molecule has 4 nitrogen and oxygen atoms in total. The van der Waals surface area contributed by atoms with Crippen molar-refractivity contribution in [1.29, 1.82) is 5.26 Å². The van der Waals surface area contributed by atoms with Gasteiger partial charge < -0.3 is 10.1 Å². The molecule has 0 saturated carbocycles. The van der Waals surface area contributed by atoms with Crippen molar-refractivity contribution in [1.82, 2.24) is 4.98 Å². The fraction of sp³-hybridized carbons (Fsp3) is 0. The summed E-state index contributed by atoms with van der Waals surface area (Å²) in [7, 11) is 0. The van der Waals surface area contributed by atoms with Crippen LogP contribution in [0.4, 0.5) is 0 Å². The molecule has 0 bridgehead atoms. The molecule has 2 rings (SSSR count). The molecule has 70 valence electrons. The predicted octanol–water partition coefficient (Wildman–Crippen LogP) is 1.46. The van der Waals surface area contributed by atoms with Crippen LogP contribution in [0.3, 0.4) is 0 Å². The van der Waals surface area contributed by atoms with Crippen molar-refractivity contribution in [3.8, 4) is 11.8 Å². The number of H-pyrrole nitrogens is 1. The normalized spacial score (nSPS) is 10.3. The van der Waals surface area contributed by atoms with Crippen LogP contribution in [-0.4, -0.2) is 10.1 Å². The Kier molecular flexibility index (Phi) is 1.98. The highest BCUT2D eigenvalue weighted by Gasteiger charge is 2.13. The molecule has 0 radical (unpaired) electrons. The zero-order valence-corrected chi connectivity index (χ0v) is 8.45. The molecule has 0 aromatic carbocycles. The summed E-state index contributed by atoms with van der Waals surface area (Å²) in [6, 6.07) is 3.00. The van der Waals surface area contributed by atoms with E-state index in [-0.39, 0.29) is 5.75 Å². The number of aromatic amines is 1. The Morgan fingerprint density at radius 1 is 1.64 bits per heavy atom. The molecule has 0 fully saturated rings. The minimum Gasteiger partial charge on any atom is -0.506 e. The number of aromatic hydroxyl groups is 1. The molecule has 2 heterocycles. The summed E-state index contributed by atoms with van der Waals surface area (Å²) < 4.78 is 0.964. The number of fused-ring (bicyclic) bond motifs is 1. The van der Waals surface area contributed by atoms with Crippen LogP contribution in [0.15, 0.2) is 15.1 Å². The first-order valence-corrected chi connectivity index (χ1v) is 4.87. The number of hydrogen-bond donors (Lipinski definition) is 3. The zero-order valence-electron chi connectivity index (χ0n) is 6.74. The molecule has 14 heavy (non-hydrogen) atoms. The van der Waals surface area contributed by atoms with Crippen LogP contribution in [0.5, 0.6) is 5.75 Å². The average Bonchev–Trinajstić information content (AvgIpc) is 2.41. The summed E-state index contributed by atoms with van der Waals surface area (Å²) in [5.74, 6) is -0.120. The van der Waals surface area contributed by atoms with Gasteiger partial charge in [-0.15, -0.1) is 24.0 Å². The van der Waals surface area contributed by atoms with Gasteiger partial charge in [0.15, 0.2) is 0 Å². The van der Waals surface area contributed by atoms with E-state index in [0.717, 1.165) is 17.4 Å². The molecule has 2 aromatic rings. The predicted molar refractivity (Wildman–Crippen MR) is 56.1 cm³/mol. The largest absolute Gasteiger partial charge is 0.506 e. The minimum atomic E-state index is -0.433. The molecule has 2 N–H and O–H groups in total. The average molecular weight is 224 g/mol. The zero-order chi connectivity index (χ0) is 10.3. The number of thiol groups is 1. The fourth-order valence-electron chi connectivity index (χ4n) is 1.17. The van der Waals surface area contributed by atoms with Crippen molar-refractivity contribution >= 4 is 34.2 Å². The second-order valence-corrected chi connectivity index (χ2v) is 4.39. The summed E-state index contributed by atoms with van der Waals surface area (Å²) in [4.78, 5) is 13.5. The van der Waals surface area contributed by atoms with E-state index in [1.807, 2.05) is 6.07 Å². The maximum absolute atomic E-state index is 11.0. The van der Waals surface area contributed by atoms with Crippen molar-refractivity contribution < 1.29 is 5.11 Å². The summed E-state index contributed by atoms with van der Waals surface area (Å²) in [5.41, 5.74) is 0.214. The lowest BCUT2D eigenvalue weighted by atomic mass is 10.3. The number of thiophene rings is 1. The monoisotopic (exact) mass is 224 g/mol. The van der Waals surface area contributed by atoms with Gasteiger partial charge in [0.2, 0.25) is 0 Å². The van der Waals surface area contributed by atoms with Gasteiger partial charge in [-0.3, -0.25) is 4.79 Å². The van der Waals surface area contributed by atoms with Crippen LogP contribution in [0, 0.1) is 11.3 Å². The van der Waals surface area contributed by atoms with Gasteiger partial charge in [-0.1, -0.05) is 0 Å². The third-order valence-corrected chi connectivity index (χ3v) is 3.26. The number of rotatable bonds is 0. The fourth-order valence-corrected chi connectivity index (χ4v) is 2.47. The lowest BCUT2D eigenvalue weighted by Crippen LogP contribution is -2.02. The molecule has 0 unspecified atom stereocenters. The van der Waals surface area contributed by atoms with Gasteiger partial charge in [0.25, 0.3) is 5.56 Å². The minimum absolute atomic E-state index is 0.120. The van der Waals surface area contributed by atoms with Gasteiger partial charge in [0.1, 0.15) is 17.4 Å². The quantitative estimate of drug-likeness (QED) is 0.593. The van der Waals surface area contributed by atoms with Crippen molar-refractivity contribution in [3.05, 3.63) is 22.0 Å². The second kappa shape index (κ2) is 3.04. The molecule has 0 aliphatic heterocycles. The maximum Gasteiger partial charge on any atom is 0.252 e. The highest BCUT2D eigenvalue weighted by molar-refractivity contribution is 7.83. The lowest BCUT2D eigenvalue weighted by molar-refractivity contribution is 0.481. The highest BCUT2D eigenvalue weighted by atomic mass is 32.2. The molecule has 0 atom stereocenters. The second-order valence-electron chi connectivity index (χ2n) is 2.62. The first-order chi connectivity index (χ1) is 6.63. The molecule has 0 aliphatic carbocycles. The van der Waals surface area contributed by atoms with Crippen LogP contribution in [-0.2, 0) is 0 Å². The van der Waals surface area contributed by atoms with Gasteiger partial charge in [0.05, 0.1) is 14.4 Å². The molecular formula is C8H4N2O2S2.